The molecule has 0 saturated carbocycles. The van der Waals surface area contributed by atoms with Crippen molar-refractivity contribution >= 4 is 5.96 Å². The van der Waals surface area contributed by atoms with Crippen molar-refractivity contribution in [1.82, 2.24) is 15.1 Å². The van der Waals surface area contributed by atoms with Gasteiger partial charge in [-0.3, -0.25) is 9.89 Å². The highest BCUT2D eigenvalue weighted by Gasteiger charge is 2.22. The van der Waals surface area contributed by atoms with Gasteiger partial charge in [0.05, 0.1) is 12.6 Å². The van der Waals surface area contributed by atoms with Crippen molar-refractivity contribution in [3.8, 4) is 0 Å². The zero-order valence-corrected chi connectivity index (χ0v) is 13.7. The molecule has 0 aromatic rings. The number of rotatable bonds is 4. The summed E-state index contributed by atoms with van der Waals surface area (Å²) in [7, 11) is 0. The van der Waals surface area contributed by atoms with Crippen molar-refractivity contribution in [2.75, 3.05) is 39.3 Å². The summed E-state index contributed by atoms with van der Waals surface area (Å²) in [4.78, 5) is 9.76. The molecule has 2 rings (SSSR count). The number of aliphatic hydroxyl groups excluding tert-OH is 1. The van der Waals surface area contributed by atoms with Crippen LogP contribution in [-0.2, 0) is 0 Å². The summed E-state index contributed by atoms with van der Waals surface area (Å²) in [6, 6.07) is 0.604. The van der Waals surface area contributed by atoms with Crippen molar-refractivity contribution in [2.24, 2.45) is 4.99 Å². The minimum Gasteiger partial charge on any atom is -0.393 e. The third-order valence-electron chi connectivity index (χ3n) is 4.71. The predicted octanol–water partition coefficient (Wildman–Crippen LogP) is 1.28. The average molecular weight is 296 g/mol. The number of nitrogens with one attached hydrogen (secondary N) is 1. The predicted molar refractivity (Wildman–Crippen MR) is 87.7 cm³/mol. The Morgan fingerprint density at radius 3 is 2.57 bits per heavy atom. The fraction of sp³-hybridized carbons (Fsp3) is 0.938. The molecule has 2 aliphatic rings. The van der Waals surface area contributed by atoms with E-state index >= 15 is 0 Å². The number of hydrogen-bond acceptors (Lipinski definition) is 3. The second-order valence-electron chi connectivity index (χ2n) is 6.19. The van der Waals surface area contributed by atoms with E-state index in [1.165, 1.54) is 25.8 Å². The zero-order valence-electron chi connectivity index (χ0n) is 13.7. The fourth-order valence-electron chi connectivity index (χ4n) is 3.38. The van der Waals surface area contributed by atoms with Crippen LogP contribution in [0.1, 0.15) is 46.0 Å². The van der Waals surface area contributed by atoms with E-state index in [0.717, 1.165) is 51.5 Å². The van der Waals surface area contributed by atoms with Crippen LogP contribution in [0, 0.1) is 0 Å². The molecule has 2 N–H and O–H groups in total. The molecule has 0 aromatic heterocycles. The third kappa shape index (κ3) is 4.85. The molecular weight excluding hydrogens is 264 g/mol. The van der Waals surface area contributed by atoms with Gasteiger partial charge in [0.2, 0.25) is 0 Å². The van der Waals surface area contributed by atoms with E-state index in [0.29, 0.717) is 6.04 Å². The van der Waals surface area contributed by atoms with Crippen LogP contribution in [0.2, 0.25) is 0 Å². The van der Waals surface area contributed by atoms with Crippen molar-refractivity contribution in [3.63, 3.8) is 0 Å². The van der Waals surface area contributed by atoms with Gasteiger partial charge in [0.15, 0.2) is 5.96 Å². The number of likely N-dealkylation sites (N-methyl/N-ethyl adjacent to an activating group) is 1. The van der Waals surface area contributed by atoms with E-state index in [-0.39, 0.29) is 6.10 Å². The number of guanidine groups is 1. The first-order chi connectivity index (χ1) is 10.2. The Hall–Kier alpha value is -0.810. The summed E-state index contributed by atoms with van der Waals surface area (Å²) in [5, 5.41) is 13.1. The van der Waals surface area contributed by atoms with Crippen molar-refractivity contribution in [2.45, 2.75) is 58.1 Å². The Labute approximate surface area is 129 Å². The Kier molecular flexibility index (Phi) is 6.77. The third-order valence-corrected chi connectivity index (χ3v) is 4.71. The van der Waals surface area contributed by atoms with Gasteiger partial charge in [0.25, 0.3) is 0 Å². The molecule has 5 heteroatoms. The van der Waals surface area contributed by atoms with Crippen LogP contribution >= 0.6 is 0 Å². The van der Waals surface area contributed by atoms with Crippen LogP contribution in [0.4, 0.5) is 0 Å². The highest BCUT2D eigenvalue weighted by atomic mass is 16.3. The summed E-state index contributed by atoms with van der Waals surface area (Å²) >= 11 is 0. The number of hydrogen-bond donors (Lipinski definition) is 2. The Morgan fingerprint density at radius 1 is 1.14 bits per heavy atom. The molecule has 1 unspecified atom stereocenters. The van der Waals surface area contributed by atoms with Gasteiger partial charge >= 0.3 is 0 Å². The Balaban J connectivity index is 1.93. The number of nitrogens with zero attached hydrogens (tertiary/aromatic N) is 3. The molecule has 21 heavy (non-hydrogen) atoms. The normalized spacial score (nSPS) is 26.1. The van der Waals surface area contributed by atoms with E-state index in [2.05, 4.69) is 29.0 Å². The van der Waals surface area contributed by atoms with Crippen LogP contribution in [0.5, 0.6) is 0 Å². The first-order valence-corrected chi connectivity index (χ1v) is 8.70. The van der Waals surface area contributed by atoms with E-state index in [1.54, 1.807) is 0 Å². The van der Waals surface area contributed by atoms with Gasteiger partial charge in [-0.2, -0.15) is 0 Å². The minimum atomic E-state index is -0.127. The van der Waals surface area contributed by atoms with E-state index in [4.69, 9.17) is 4.99 Å². The summed E-state index contributed by atoms with van der Waals surface area (Å²) in [5.74, 6) is 1.03. The lowest BCUT2D eigenvalue weighted by molar-refractivity contribution is 0.107. The number of aliphatic hydroxyl groups is 1. The zero-order chi connectivity index (χ0) is 15.1. The maximum Gasteiger partial charge on any atom is 0.193 e. The molecule has 122 valence electrons. The molecule has 2 fully saturated rings. The minimum absolute atomic E-state index is 0.127. The first-order valence-electron chi connectivity index (χ1n) is 8.70. The second-order valence-corrected chi connectivity index (χ2v) is 6.19. The lowest BCUT2D eigenvalue weighted by atomic mass is 10.0. The van der Waals surface area contributed by atoms with Gasteiger partial charge in [-0.05, 0) is 45.7 Å². The molecule has 0 spiro atoms. The smallest absolute Gasteiger partial charge is 0.193 e. The van der Waals surface area contributed by atoms with Gasteiger partial charge in [-0.25, -0.2) is 0 Å². The van der Waals surface area contributed by atoms with Crippen molar-refractivity contribution < 1.29 is 5.11 Å². The molecule has 2 aliphatic heterocycles. The van der Waals surface area contributed by atoms with Gasteiger partial charge in [0, 0.05) is 25.7 Å². The summed E-state index contributed by atoms with van der Waals surface area (Å²) in [6.07, 6.45) is 5.53. The van der Waals surface area contributed by atoms with Gasteiger partial charge in [-0.15, -0.1) is 0 Å². The van der Waals surface area contributed by atoms with Crippen LogP contribution in [0.15, 0.2) is 4.99 Å². The molecule has 2 saturated heterocycles. The molecule has 0 amide bonds. The maximum atomic E-state index is 9.65. The monoisotopic (exact) mass is 296 g/mol. The van der Waals surface area contributed by atoms with E-state index in [1.807, 2.05) is 0 Å². The van der Waals surface area contributed by atoms with Gasteiger partial charge < -0.3 is 15.3 Å². The van der Waals surface area contributed by atoms with Crippen molar-refractivity contribution in [3.05, 3.63) is 0 Å². The first kappa shape index (κ1) is 16.6. The molecule has 1 atom stereocenters. The highest BCUT2D eigenvalue weighted by molar-refractivity contribution is 5.80. The van der Waals surface area contributed by atoms with Crippen LogP contribution < -0.4 is 5.32 Å². The summed E-state index contributed by atoms with van der Waals surface area (Å²) < 4.78 is 0. The van der Waals surface area contributed by atoms with Gasteiger partial charge in [-0.1, -0.05) is 13.3 Å². The lowest BCUT2D eigenvalue weighted by Gasteiger charge is -2.35. The van der Waals surface area contributed by atoms with Crippen LogP contribution in [-0.4, -0.2) is 72.3 Å². The molecule has 5 nitrogen and oxygen atoms in total. The van der Waals surface area contributed by atoms with Crippen LogP contribution in [0.3, 0.4) is 0 Å². The number of aliphatic imine (C=N–C) groups is 1. The average Bonchev–Trinajstić information content (AvgIpc) is 2.52. The topological polar surface area (TPSA) is 51.1 Å². The fourth-order valence-corrected chi connectivity index (χ4v) is 3.38. The SMILES string of the molecule is CCNC(=NCC1CCCCN1CC)N1CCC(O)CC1. The molecular formula is C16H32N4O. The largest absolute Gasteiger partial charge is 0.393 e. The Bertz CT molecular complexity index is 326. The quantitative estimate of drug-likeness (QED) is 0.606. The van der Waals surface area contributed by atoms with E-state index < -0.39 is 0 Å². The highest BCUT2D eigenvalue weighted by Crippen LogP contribution is 2.17. The molecule has 0 bridgehead atoms. The Morgan fingerprint density at radius 2 is 1.90 bits per heavy atom. The maximum absolute atomic E-state index is 9.65. The molecule has 0 aliphatic carbocycles. The summed E-state index contributed by atoms with van der Waals surface area (Å²) in [5.41, 5.74) is 0. The lowest BCUT2D eigenvalue weighted by Crippen LogP contribution is -2.47. The van der Waals surface area contributed by atoms with Gasteiger partial charge in [0.1, 0.15) is 0 Å². The number of piperidine rings is 2. The molecule has 2 heterocycles. The number of likely N-dealkylation sites (tertiary alicyclic amines) is 2. The van der Waals surface area contributed by atoms with Crippen LogP contribution in [0.25, 0.3) is 0 Å². The van der Waals surface area contributed by atoms with Crippen molar-refractivity contribution in [1.29, 1.82) is 0 Å². The standard InChI is InChI=1S/C16H32N4O/c1-3-17-16(20-11-8-15(21)9-12-20)18-13-14-7-5-6-10-19(14)4-2/h14-15,21H,3-13H2,1-2H3,(H,17,18). The molecule has 0 radical (unpaired) electrons. The van der Waals surface area contributed by atoms with E-state index in [9.17, 15) is 5.11 Å². The molecule has 0 aromatic carbocycles. The second kappa shape index (κ2) is 8.59. The summed E-state index contributed by atoms with van der Waals surface area (Å²) in [6.45, 7) is 10.3.